The molecule has 0 saturated heterocycles. The fourth-order valence-electron chi connectivity index (χ4n) is 1.25. The molecular formula is C10H19N7O4. The van der Waals surface area contributed by atoms with Crippen LogP contribution in [0.25, 0.3) is 0 Å². The smallest absolute Gasteiger partial charge is 0.322 e. The number of aliphatic carboxylic acids is 1. The van der Waals surface area contributed by atoms with Crippen molar-refractivity contribution in [2.45, 2.75) is 12.7 Å². The molecule has 11 heteroatoms. The fraction of sp³-hybridized carbons (Fsp3) is 0.600. The molecule has 0 unspecified atom stereocenters. The van der Waals surface area contributed by atoms with Crippen molar-refractivity contribution in [1.82, 2.24) is 15.0 Å². The zero-order chi connectivity index (χ0) is 15.7. The summed E-state index contributed by atoms with van der Waals surface area (Å²) in [5.41, 5.74) is 5.38. The van der Waals surface area contributed by atoms with Gasteiger partial charge in [0, 0.05) is 6.54 Å². The molecule has 1 rings (SSSR count). The van der Waals surface area contributed by atoms with E-state index in [9.17, 15) is 4.79 Å². The lowest BCUT2D eigenvalue weighted by atomic mass is 10.4. The van der Waals surface area contributed by atoms with Gasteiger partial charge in [0.15, 0.2) is 6.29 Å². The van der Waals surface area contributed by atoms with E-state index in [0.717, 1.165) is 0 Å². The van der Waals surface area contributed by atoms with Crippen LogP contribution in [0, 0.1) is 0 Å². The quantitative estimate of drug-likeness (QED) is 0.185. The zero-order valence-corrected chi connectivity index (χ0v) is 11.3. The number of rotatable bonds is 10. The third-order valence-electron chi connectivity index (χ3n) is 2.14. The number of nitrogens with one attached hydrogen (secondary N) is 3. The molecule has 8 N–H and O–H groups in total. The number of nitrogens with zero attached hydrogens (tertiary/aromatic N) is 3. The second-order valence-corrected chi connectivity index (χ2v) is 3.98. The van der Waals surface area contributed by atoms with E-state index in [1.54, 1.807) is 0 Å². The van der Waals surface area contributed by atoms with Gasteiger partial charge in [0.05, 0.1) is 6.54 Å². The molecule has 0 amide bonds. The molecule has 1 aromatic rings. The van der Waals surface area contributed by atoms with Crippen LogP contribution in [-0.2, 0) is 4.79 Å². The number of hydrogen-bond acceptors (Lipinski definition) is 10. The minimum atomic E-state index is -1.56. The van der Waals surface area contributed by atoms with Crippen molar-refractivity contribution in [3.8, 4) is 0 Å². The van der Waals surface area contributed by atoms with Crippen LogP contribution in [0.3, 0.4) is 0 Å². The Kier molecular flexibility index (Phi) is 7.08. The van der Waals surface area contributed by atoms with Crippen LogP contribution in [0.15, 0.2) is 0 Å². The Balaban J connectivity index is 2.76. The lowest BCUT2D eigenvalue weighted by Gasteiger charge is -2.11. The standard InChI is InChI=1S/C10H19N7O4/c11-2-1-3-12-8-15-9(13-4-6(18)19)17-10(16-8)14-5-7(20)21/h6,18-19H,1-5,11H2,(H,20,21)(H3,12,13,14,15,16,17). The largest absolute Gasteiger partial charge is 0.480 e. The van der Waals surface area contributed by atoms with Crippen LogP contribution in [0.2, 0.25) is 0 Å². The first-order chi connectivity index (χ1) is 10.0. The maximum absolute atomic E-state index is 10.5. The number of anilines is 3. The molecule has 0 aromatic carbocycles. The summed E-state index contributed by atoms with van der Waals surface area (Å²) in [6, 6.07) is 0. The van der Waals surface area contributed by atoms with Gasteiger partial charge < -0.3 is 37.0 Å². The van der Waals surface area contributed by atoms with Gasteiger partial charge in [-0.1, -0.05) is 0 Å². The first-order valence-electron chi connectivity index (χ1n) is 6.27. The van der Waals surface area contributed by atoms with Crippen LogP contribution in [0.4, 0.5) is 17.8 Å². The molecule has 1 heterocycles. The molecule has 0 aliphatic rings. The summed E-state index contributed by atoms with van der Waals surface area (Å²) in [6.45, 7) is 0.518. The molecule has 0 aliphatic heterocycles. The van der Waals surface area contributed by atoms with Gasteiger partial charge in [0.2, 0.25) is 17.8 Å². The summed E-state index contributed by atoms with van der Waals surface area (Å²) < 4.78 is 0. The summed E-state index contributed by atoms with van der Waals surface area (Å²) in [6.07, 6.45) is -0.854. The summed E-state index contributed by atoms with van der Waals surface area (Å²) in [5.74, 6) is -0.701. The second-order valence-electron chi connectivity index (χ2n) is 3.98. The normalized spacial score (nSPS) is 10.5. The predicted molar refractivity (Wildman–Crippen MR) is 74.8 cm³/mol. The predicted octanol–water partition coefficient (Wildman–Crippen LogP) is -2.15. The number of carboxylic acid groups (broad SMARTS) is 1. The fourth-order valence-corrected chi connectivity index (χ4v) is 1.25. The highest BCUT2D eigenvalue weighted by atomic mass is 16.5. The number of nitrogens with two attached hydrogens (primary N) is 1. The maximum atomic E-state index is 10.5. The highest BCUT2D eigenvalue weighted by Crippen LogP contribution is 2.09. The van der Waals surface area contributed by atoms with Gasteiger partial charge in [-0.3, -0.25) is 4.79 Å². The Bertz CT molecular complexity index is 457. The van der Waals surface area contributed by atoms with Crippen molar-refractivity contribution >= 4 is 23.8 Å². The molecule has 118 valence electrons. The molecule has 0 atom stereocenters. The average molecular weight is 301 g/mol. The van der Waals surface area contributed by atoms with Crippen molar-refractivity contribution in [2.24, 2.45) is 5.73 Å². The van der Waals surface area contributed by atoms with Gasteiger partial charge >= 0.3 is 5.97 Å². The Morgan fingerprint density at radius 2 is 1.67 bits per heavy atom. The average Bonchev–Trinajstić information content (AvgIpc) is 2.43. The molecule has 0 spiro atoms. The highest BCUT2D eigenvalue weighted by Gasteiger charge is 2.08. The Labute approximate surface area is 120 Å². The van der Waals surface area contributed by atoms with Gasteiger partial charge in [-0.25, -0.2) is 0 Å². The monoisotopic (exact) mass is 301 g/mol. The number of aliphatic hydroxyl groups excluding tert-OH is 1. The van der Waals surface area contributed by atoms with Gasteiger partial charge in [-0.15, -0.1) is 0 Å². The van der Waals surface area contributed by atoms with E-state index in [1.807, 2.05) is 0 Å². The first-order valence-corrected chi connectivity index (χ1v) is 6.27. The molecule has 21 heavy (non-hydrogen) atoms. The Hall–Kier alpha value is -2.24. The molecule has 0 radical (unpaired) electrons. The lowest BCUT2D eigenvalue weighted by molar-refractivity contribution is -0.134. The molecule has 0 aliphatic carbocycles. The molecule has 1 aromatic heterocycles. The van der Waals surface area contributed by atoms with Gasteiger partial charge in [0.1, 0.15) is 6.54 Å². The van der Waals surface area contributed by atoms with Crippen LogP contribution in [0.1, 0.15) is 6.42 Å². The van der Waals surface area contributed by atoms with Crippen LogP contribution in [-0.4, -0.2) is 68.7 Å². The van der Waals surface area contributed by atoms with Crippen LogP contribution >= 0.6 is 0 Å². The van der Waals surface area contributed by atoms with Crippen molar-refractivity contribution in [2.75, 3.05) is 42.1 Å². The summed E-state index contributed by atoms with van der Waals surface area (Å²) in [5, 5.41) is 34.2. The van der Waals surface area contributed by atoms with Crippen molar-refractivity contribution < 1.29 is 20.1 Å². The Morgan fingerprint density at radius 1 is 1.10 bits per heavy atom. The summed E-state index contributed by atoms with van der Waals surface area (Å²) in [7, 11) is 0. The molecular weight excluding hydrogens is 282 g/mol. The number of aliphatic hydroxyl groups is 2. The van der Waals surface area contributed by atoms with E-state index in [2.05, 4.69) is 30.9 Å². The minimum absolute atomic E-state index is 0.0533. The van der Waals surface area contributed by atoms with Crippen LogP contribution in [0.5, 0.6) is 0 Å². The molecule has 11 nitrogen and oxygen atoms in total. The zero-order valence-electron chi connectivity index (χ0n) is 11.3. The maximum Gasteiger partial charge on any atom is 0.322 e. The topological polar surface area (TPSA) is 179 Å². The second kappa shape index (κ2) is 8.84. The van der Waals surface area contributed by atoms with Crippen LogP contribution < -0.4 is 21.7 Å². The van der Waals surface area contributed by atoms with E-state index in [0.29, 0.717) is 19.5 Å². The third kappa shape index (κ3) is 7.20. The first kappa shape index (κ1) is 16.8. The molecule has 0 bridgehead atoms. The van der Waals surface area contributed by atoms with Crippen molar-refractivity contribution in [3.05, 3.63) is 0 Å². The summed E-state index contributed by atoms with van der Waals surface area (Å²) in [4.78, 5) is 22.4. The minimum Gasteiger partial charge on any atom is -0.480 e. The van der Waals surface area contributed by atoms with E-state index in [4.69, 9.17) is 21.1 Å². The Morgan fingerprint density at radius 3 is 2.19 bits per heavy atom. The SMILES string of the molecule is NCCCNc1nc(NCC(=O)O)nc(NCC(O)O)n1. The van der Waals surface area contributed by atoms with Crippen molar-refractivity contribution in [1.29, 1.82) is 0 Å². The van der Waals surface area contributed by atoms with Gasteiger partial charge in [0.25, 0.3) is 0 Å². The third-order valence-corrected chi connectivity index (χ3v) is 2.14. The number of carboxylic acids is 1. The van der Waals surface area contributed by atoms with Gasteiger partial charge in [-0.05, 0) is 13.0 Å². The highest BCUT2D eigenvalue weighted by molar-refractivity contribution is 5.72. The van der Waals surface area contributed by atoms with Crippen molar-refractivity contribution in [3.63, 3.8) is 0 Å². The summed E-state index contributed by atoms with van der Waals surface area (Å²) >= 11 is 0. The number of carbonyl (C=O) groups is 1. The van der Waals surface area contributed by atoms with Gasteiger partial charge in [-0.2, -0.15) is 15.0 Å². The van der Waals surface area contributed by atoms with E-state index in [-0.39, 0.29) is 30.9 Å². The van der Waals surface area contributed by atoms with E-state index >= 15 is 0 Å². The number of aromatic nitrogens is 3. The number of hydrogen-bond donors (Lipinski definition) is 7. The van der Waals surface area contributed by atoms with E-state index in [1.165, 1.54) is 0 Å². The lowest BCUT2D eigenvalue weighted by Crippen LogP contribution is -2.21. The molecule has 0 saturated carbocycles. The van der Waals surface area contributed by atoms with E-state index < -0.39 is 12.3 Å². The molecule has 0 fully saturated rings.